The van der Waals surface area contributed by atoms with Gasteiger partial charge in [0, 0.05) is 19.7 Å². The average Bonchev–Trinajstić information content (AvgIpc) is 2.45. The zero-order valence-electron chi connectivity index (χ0n) is 12.6. The van der Waals surface area contributed by atoms with Crippen LogP contribution in [0.15, 0.2) is 24.3 Å². The molecule has 1 rings (SSSR count). The maximum Gasteiger partial charge on any atom is 0.119 e. The Labute approximate surface area is 117 Å². The van der Waals surface area contributed by atoms with E-state index in [2.05, 4.69) is 50.4 Å². The summed E-state index contributed by atoms with van der Waals surface area (Å²) in [6.45, 7) is 8.99. The van der Waals surface area contributed by atoms with Crippen molar-refractivity contribution in [2.75, 3.05) is 26.9 Å². The first-order chi connectivity index (χ1) is 9.19. The predicted molar refractivity (Wildman–Crippen MR) is 80.0 cm³/mol. The molecule has 0 spiro atoms. The van der Waals surface area contributed by atoms with E-state index in [1.807, 2.05) is 0 Å². The molecule has 1 aromatic carbocycles. The quantitative estimate of drug-likeness (QED) is 0.696. The van der Waals surface area contributed by atoms with Crippen molar-refractivity contribution in [2.45, 2.75) is 39.2 Å². The van der Waals surface area contributed by atoms with Crippen molar-refractivity contribution in [3.05, 3.63) is 29.8 Å². The molecule has 0 amide bonds. The molecular formula is C16H27NO2. The van der Waals surface area contributed by atoms with Gasteiger partial charge in [0.15, 0.2) is 0 Å². The van der Waals surface area contributed by atoms with Gasteiger partial charge in [-0.3, -0.25) is 0 Å². The Kier molecular flexibility index (Phi) is 7.53. The van der Waals surface area contributed by atoms with Crippen LogP contribution >= 0.6 is 0 Å². The molecule has 0 saturated carbocycles. The minimum atomic E-state index is 0.428. The Morgan fingerprint density at radius 2 is 1.79 bits per heavy atom. The number of methoxy groups -OCH3 is 1. The lowest BCUT2D eigenvalue weighted by Crippen LogP contribution is -2.33. The van der Waals surface area contributed by atoms with Crippen molar-refractivity contribution in [3.8, 4) is 5.75 Å². The molecular weight excluding hydrogens is 238 g/mol. The van der Waals surface area contributed by atoms with E-state index < -0.39 is 0 Å². The van der Waals surface area contributed by atoms with Gasteiger partial charge >= 0.3 is 0 Å². The van der Waals surface area contributed by atoms with Gasteiger partial charge in [0.2, 0.25) is 0 Å². The molecule has 1 N–H and O–H groups in total. The maximum atomic E-state index is 5.60. The normalized spacial score (nSPS) is 14.1. The highest BCUT2D eigenvalue weighted by atomic mass is 16.5. The van der Waals surface area contributed by atoms with E-state index in [1.54, 1.807) is 7.11 Å². The van der Waals surface area contributed by atoms with Crippen LogP contribution in [0.25, 0.3) is 0 Å². The molecule has 0 aliphatic heterocycles. The largest absolute Gasteiger partial charge is 0.494 e. The molecule has 2 unspecified atom stereocenters. The number of benzene rings is 1. The molecule has 0 saturated heterocycles. The van der Waals surface area contributed by atoms with Gasteiger partial charge in [-0.25, -0.2) is 0 Å². The monoisotopic (exact) mass is 265 g/mol. The van der Waals surface area contributed by atoms with Crippen molar-refractivity contribution >= 4 is 0 Å². The molecule has 108 valence electrons. The average molecular weight is 265 g/mol. The topological polar surface area (TPSA) is 30.5 Å². The molecule has 0 bridgehead atoms. The highest BCUT2D eigenvalue weighted by Crippen LogP contribution is 2.22. The number of rotatable bonds is 9. The highest BCUT2D eigenvalue weighted by Gasteiger charge is 2.13. The van der Waals surface area contributed by atoms with Gasteiger partial charge < -0.3 is 14.8 Å². The maximum absolute atomic E-state index is 5.60. The standard InChI is InChI=1S/C16H27NO2/c1-5-11-19-16-8-6-15(7-9-16)13(2)14(3)17-10-12-18-4/h6-9,13-14,17H,5,10-12H2,1-4H3. The molecule has 19 heavy (non-hydrogen) atoms. The van der Waals surface area contributed by atoms with E-state index in [1.165, 1.54) is 5.56 Å². The summed E-state index contributed by atoms with van der Waals surface area (Å²) in [4.78, 5) is 0. The van der Waals surface area contributed by atoms with Crippen LogP contribution in [0.1, 0.15) is 38.7 Å². The van der Waals surface area contributed by atoms with Crippen molar-refractivity contribution < 1.29 is 9.47 Å². The lowest BCUT2D eigenvalue weighted by atomic mass is 9.94. The van der Waals surface area contributed by atoms with Crippen LogP contribution in [0, 0.1) is 0 Å². The summed E-state index contributed by atoms with van der Waals surface area (Å²) in [5, 5.41) is 3.47. The molecule has 0 aliphatic rings. The first-order valence-electron chi connectivity index (χ1n) is 7.14. The summed E-state index contributed by atoms with van der Waals surface area (Å²) in [6.07, 6.45) is 1.04. The van der Waals surface area contributed by atoms with Gasteiger partial charge in [-0.1, -0.05) is 26.0 Å². The summed E-state index contributed by atoms with van der Waals surface area (Å²) in [6, 6.07) is 8.86. The molecule has 0 aliphatic carbocycles. The smallest absolute Gasteiger partial charge is 0.119 e. The van der Waals surface area contributed by atoms with Crippen molar-refractivity contribution in [1.29, 1.82) is 0 Å². The molecule has 2 atom stereocenters. The van der Waals surface area contributed by atoms with Crippen molar-refractivity contribution in [1.82, 2.24) is 5.32 Å². The minimum absolute atomic E-state index is 0.428. The lowest BCUT2D eigenvalue weighted by molar-refractivity contribution is 0.195. The van der Waals surface area contributed by atoms with Crippen LogP contribution < -0.4 is 10.1 Å². The third kappa shape index (κ3) is 5.62. The number of ether oxygens (including phenoxy) is 2. The van der Waals surface area contributed by atoms with Crippen molar-refractivity contribution in [3.63, 3.8) is 0 Å². The molecule has 0 radical (unpaired) electrons. The molecule has 0 fully saturated rings. The second-order valence-electron chi connectivity index (χ2n) is 4.94. The molecule has 0 aromatic heterocycles. The zero-order chi connectivity index (χ0) is 14.1. The van der Waals surface area contributed by atoms with Gasteiger partial charge in [-0.2, -0.15) is 0 Å². The van der Waals surface area contributed by atoms with Crippen LogP contribution in [0.3, 0.4) is 0 Å². The lowest BCUT2D eigenvalue weighted by Gasteiger charge is -2.22. The number of hydrogen-bond donors (Lipinski definition) is 1. The van der Waals surface area contributed by atoms with Gasteiger partial charge in [0.25, 0.3) is 0 Å². The van der Waals surface area contributed by atoms with Crippen LogP contribution in [-0.2, 0) is 4.74 Å². The van der Waals surface area contributed by atoms with E-state index >= 15 is 0 Å². The Morgan fingerprint density at radius 1 is 1.11 bits per heavy atom. The minimum Gasteiger partial charge on any atom is -0.494 e. The third-order valence-corrected chi connectivity index (χ3v) is 3.40. The van der Waals surface area contributed by atoms with E-state index in [0.717, 1.165) is 31.9 Å². The predicted octanol–water partition coefficient (Wildman–Crippen LogP) is 3.20. The first-order valence-corrected chi connectivity index (χ1v) is 7.14. The molecule has 0 heterocycles. The fourth-order valence-electron chi connectivity index (χ4n) is 1.94. The van der Waals surface area contributed by atoms with Crippen LogP contribution in [0.5, 0.6) is 5.75 Å². The first kappa shape index (κ1) is 16.0. The third-order valence-electron chi connectivity index (χ3n) is 3.40. The summed E-state index contributed by atoms with van der Waals surface area (Å²) in [5.41, 5.74) is 1.33. The second kappa shape index (κ2) is 8.94. The van der Waals surface area contributed by atoms with Gasteiger partial charge in [-0.05, 0) is 37.0 Å². The fraction of sp³-hybridized carbons (Fsp3) is 0.625. The SMILES string of the molecule is CCCOc1ccc(C(C)C(C)NCCOC)cc1. The molecule has 3 nitrogen and oxygen atoms in total. The Morgan fingerprint density at radius 3 is 2.37 bits per heavy atom. The van der Waals surface area contributed by atoms with Crippen LogP contribution in [-0.4, -0.2) is 32.9 Å². The second-order valence-corrected chi connectivity index (χ2v) is 4.94. The van der Waals surface area contributed by atoms with E-state index in [4.69, 9.17) is 9.47 Å². The fourth-order valence-corrected chi connectivity index (χ4v) is 1.94. The summed E-state index contributed by atoms with van der Waals surface area (Å²) < 4.78 is 10.6. The molecule has 1 aromatic rings. The van der Waals surface area contributed by atoms with E-state index in [9.17, 15) is 0 Å². The van der Waals surface area contributed by atoms with Crippen molar-refractivity contribution in [2.24, 2.45) is 0 Å². The zero-order valence-corrected chi connectivity index (χ0v) is 12.6. The Bertz CT molecular complexity index is 337. The van der Waals surface area contributed by atoms with E-state index in [0.29, 0.717) is 12.0 Å². The van der Waals surface area contributed by atoms with Gasteiger partial charge in [0.05, 0.1) is 13.2 Å². The number of nitrogens with one attached hydrogen (secondary N) is 1. The summed E-state index contributed by atoms with van der Waals surface area (Å²) in [7, 11) is 1.73. The number of hydrogen-bond acceptors (Lipinski definition) is 3. The van der Waals surface area contributed by atoms with Gasteiger partial charge in [0.1, 0.15) is 5.75 Å². The summed E-state index contributed by atoms with van der Waals surface area (Å²) in [5.74, 6) is 1.43. The highest BCUT2D eigenvalue weighted by molar-refractivity contribution is 5.29. The van der Waals surface area contributed by atoms with Gasteiger partial charge in [-0.15, -0.1) is 0 Å². The molecule has 3 heteroatoms. The van der Waals surface area contributed by atoms with E-state index in [-0.39, 0.29) is 0 Å². The van der Waals surface area contributed by atoms with Crippen LogP contribution in [0.4, 0.5) is 0 Å². The van der Waals surface area contributed by atoms with Crippen LogP contribution in [0.2, 0.25) is 0 Å². The Hall–Kier alpha value is -1.06. The summed E-state index contributed by atoms with van der Waals surface area (Å²) >= 11 is 0. The Balaban J connectivity index is 2.49.